The number of benzene rings is 1. The maximum absolute atomic E-state index is 12.6. The monoisotopic (exact) mass is 354 g/mol. The van der Waals surface area contributed by atoms with E-state index < -0.39 is 5.41 Å². The van der Waals surface area contributed by atoms with E-state index in [1.165, 1.54) is 0 Å². The zero-order valence-corrected chi connectivity index (χ0v) is 14.3. The topological polar surface area (TPSA) is 55.1 Å². The summed E-state index contributed by atoms with van der Waals surface area (Å²) in [5, 5.41) is 3.00. The fraction of sp³-hybridized carbons (Fsp3) is 0.467. The van der Waals surface area contributed by atoms with Crippen LogP contribution >= 0.6 is 28.1 Å². The average molecular weight is 355 g/mol. The van der Waals surface area contributed by atoms with Crippen LogP contribution in [0.5, 0.6) is 0 Å². The molecule has 0 aliphatic heterocycles. The molecular formula is C15H19BrN2OS. The van der Waals surface area contributed by atoms with Crippen molar-refractivity contribution >= 4 is 44.7 Å². The van der Waals surface area contributed by atoms with Crippen LogP contribution in [0.4, 0.5) is 5.69 Å². The number of carbonyl (C=O) groups excluding carboxylic acids is 1. The van der Waals surface area contributed by atoms with Crippen molar-refractivity contribution < 1.29 is 4.79 Å². The highest BCUT2D eigenvalue weighted by atomic mass is 79.9. The standard InChI is InChI=1S/C15H19BrN2OS/c1-8-4-10(3)12(11(16)5-8)18-14(19)15(13(17)20)6-9(2)7-15/h4-5,9H,6-7H2,1-3H3,(H2,17,20)(H,18,19). The highest BCUT2D eigenvalue weighted by Gasteiger charge is 2.51. The lowest BCUT2D eigenvalue weighted by atomic mass is 9.62. The molecule has 0 bridgehead atoms. The van der Waals surface area contributed by atoms with Gasteiger partial charge in [-0.3, -0.25) is 4.79 Å². The summed E-state index contributed by atoms with van der Waals surface area (Å²) >= 11 is 8.62. The van der Waals surface area contributed by atoms with E-state index in [4.69, 9.17) is 18.0 Å². The summed E-state index contributed by atoms with van der Waals surface area (Å²) in [4.78, 5) is 12.9. The third-order valence-electron chi connectivity index (χ3n) is 3.97. The zero-order chi connectivity index (χ0) is 15.1. The molecular weight excluding hydrogens is 336 g/mol. The Morgan fingerprint density at radius 1 is 1.45 bits per heavy atom. The van der Waals surface area contributed by atoms with Gasteiger partial charge in [0.15, 0.2) is 0 Å². The van der Waals surface area contributed by atoms with Crippen molar-refractivity contribution in [2.24, 2.45) is 17.1 Å². The lowest BCUT2D eigenvalue weighted by Crippen LogP contribution is -2.54. The Labute approximate surface area is 133 Å². The summed E-state index contributed by atoms with van der Waals surface area (Å²) in [5.41, 5.74) is 8.11. The minimum atomic E-state index is -0.675. The van der Waals surface area contributed by atoms with Crippen molar-refractivity contribution in [2.45, 2.75) is 33.6 Å². The van der Waals surface area contributed by atoms with Gasteiger partial charge in [0.1, 0.15) is 0 Å². The zero-order valence-electron chi connectivity index (χ0n) is 11.9. The van der Waals surface area contributed by atoms with Crippen LogP contribution < -0.4 is 11.1 Å². The van der Waals surface area contributed by atoms with Crippen LogP contribution in [0.15, 0.2) is 16.6 Å². The van der Waals surface area contributed by atoms with E-state index in [0.29, 0.717) is 10.9 Å². The summed E-state index contributed by atoms with van der Waals surface area (Å²) in [5.74, 6) is 0.403. The molecule has 1 fully saturated rings. The third kappa shape index (κ3) is 2.61. The van der Waals surface area contributed by atoms with Gasteiger partial charge < -0.3 is 11.1 Å². The van der Waals surface area contributed by atoms with Gasteiger partial charge in [0, 0.05) is 4.47 Å². The quantitative estimate of drug-likeness (QED) is 0.813. The Kier molecular flexibility index (Phi) is 4.21. The fourth-order valence-electron chi connectivity index (χ4n) is 2.94. The van der Waals surface area contributed by atoms with E-state index in [9.17, 15) is 4.79 Å². The number of amides is 1. The van der Waals surface area contributed by atoms with Gasteiger partial charge in [-0.25, -0.2) is 0 Å². The van der Waals surface area contributed by atoms with Gasteiger partial charge in [-0.1, -0.05) is 25.2 Å². The number of halogens is 1. The van der Waals surface area contributed by atoms with Crippen molar-refractivity contribution in [1.29, 1.82) is 0 Å². The molecule has 1 aromatic rings. The maximum atomic E-state index is 12.6. The first-order valence-corrected chi connectivity index (χ1v) is 7.84. The van der Waals surface area contributed by atoms with Crippen molar-refractivity contribution in [3.05, 3.63) is 27.7 Å². The van der Waals surface area contributed by atoms with Gasteiger partial charge in [-0.05, 0) is 65.7 Å². The van der Waals surface area contributed by atoms with Gasteiger partial charge in [0.05, 0.1) is 16.1 Å². The Balaban J connectivity index is 2.26. The predicted molar refractivity (Wildman–Crippen MR) is 89.9 cm³/mol. The number of hydrogen-bond donors (Lipinski definition) is 2. The summed E-state index contributed by atoms with van der Waals surface area (Å²) in [6, 6.07) is 4.02. The lowest BCUT2D eigenvalue weighted by Gasteiger charge is -2.44. The maximum Gasteiger partial charge on any atom is 0.237 e. The molecule has 5 heteroatoms. The van der Waals surface area contributed by atoms with Crippen LogP contribution in [0.2, 0.25) is 0 Å². The largest absolute Gasteiger partial charge is 0.392 e. The summed E-state index contributed by atoms with van der Waals surface area (Å²) in [7, 11) is 0. The van der Waals surface area contributed by atoms with E-state index in [2.05, 4.69) is 28.2 Å². The van der Waals surface area contributed by atoms with Crippen molar-refractivity contribution in [3.8, 4) is 0 Å². The molecule has 0 unspecified atom stereocenters. The third-order valence-corrected chi connectivity index (χ3v) is 4.99. The molecule has 0 atom stereocenters. The fourth-order valence-corrected chi connectivity index (χ4v) is 3.97. The first-order chi connectivity index (χ1) is 9.26. The molecule has 20 heavy (non-hydrogen) atoms. The Bertz CT molecular complexity index is 556. The van der Waals surface area contributed by atoms with Crippen molar-refractivity contribution in [3.63, 3.8) is 0 Å². The van der Waals surface area contributed by atoms with Gasteiger partial charge >= 0.3 is 0 Å². The average Bonchev–Trinajstić information content (AvgIpc) is 2.28. The first-order valence-electron chi connectivity index (χ1n) is 6.64. The van der Waals surface area contributed by atoms with Gasteiger partial charge in [0.25, 0.3) is 0 Å². The number of hydrogen-bond acceptors (Lipinski definition) is 2. The molecule has 1 aliphatic rings. The number of rotatable bonds is 3. The molecule has 1 saturated carbocycles. The minimum Gasteiger partial charge on any atom is -0.392 e. The van der Waals surface area contributed by atoms with Crippen LogP contribution in [0, 0.1) is 25.2 Å². The van der Waals surface area contributed by atoms with Crippen LogP contribution in [-0.4, -0.2) is 10.9 Å². The van der Waals surface area contributed by atoms with E-state index in [1.54, 1.807) is 0 Å². The molecule has 3 N–H and O–H groups in total. The Morgan fingerprint density at radius 3 is 2.50 bits per heavy atom. The lowest BCUT2D eigenvalue weighted by molar-refractivity contribution is -0.127. The Hall–Kier alpha value is -0.940. The predicted octanol–water partition coefficient (Wildman–Crippen LogP) is 3.71. The second-order valence-corrected chi connectivity index (χ2v) is 7.15. The van der Waals surface area contributed by atoms with Crippen LogP contribution in [0.1, 0.15) is 30.9 Å². The van der Waals surface area contributed by atoms with E-state index in [0.717, 1.165) is 34.1 Å². The number of anilines is 1. The van der Waals surface area contributed by atoms with Gasteiger partial charge in [-0.2, -0.15) is 0 Å². The first kappa shape index (κ1) is 15.4. The molecule has 0 heterocycles. The molecule has 0 aromatic heterocycles. The molecule has 0 saturated heterocycles. The smallest absolute Gasteiger partial charge is 0.237 e. The number of aryl methyl sites for hydroxylation is 2. The summed E-state index contributed by atoms with van der Waals surface area (Å²) < 4.78 is 0.883. The summed E-state index contributed by atoms with van der Waals surface area (Å²) in [6.07, 6.45) is 1.47. The molecule has 1 amide bonds. The number of carbonyl (C=O) groups is 1. The molecule has 108 valence electrons. The van der Waals surface area contributed by atoms with E-state index in [-0.39, 0.29) is 5.91 Å². The highest BCUT2D eigenvalue weighted by Crippen LogP contribution is 2.47. The summed E-state index contributed by atoms with van der Waals surface area (Å²) in [6.45, 7) is 6.11. The second-order valence-electron chi connectivity index (χ2n) is 5.85. The molecule has 0 radical (unpaired) electrons. The van der Waals surface area contributed by atoms with Crippen LogP contribution in [0.25, 0.3) is 0 Å². The van der Waals surface area contributed by atoms with Crippen LogP contribution in [0.3, 0.4) is 0 Å². The van der Waals surface area contributed by atoms with Crippen LogP contribution in [-0.2, 0) is 4.79 Å². The molecule has 0 spiro atoms. The molecule has 2 rings (SSSR count). The molecule has 3 nitrogen and oxygen atoms in total. The van der Waals surface area contributed by atoms with Gasteiger partial charge in [-0.15, -0.1) is 0 Å². The Morgan fingerprint density at radius 2 is 2.05 bits per heavy atom. The molecule has 1 aromatic carbocycles. The van der Waals surface area contributed by atoms with Crippen molar-refractivity contribution in [1.82, 2.24) is 0 Å². The highest BCUT2D eigenvalue weighted by molar-refractivity contribution is 9.10. The van der Waals surface area contributed by atoms with Crippen molar-refractivity contribution in [2.75, 3.05) is 5.32 Å². The number of nitrogens with two attached hydrogens (primary N) is 1. The van der Waals surface area contributed by atoms with E-state index >= 15 is 0 Å². The minimum absolute atomic E-state index is 0.0873. The van der Waals surface area contributed by atoms with Gasteiger partial charge in [0.2, 0.25) is 5.91 Å². The SMILES string of the molecule is Cc1cc(C)c(NC(=O)C2(C(N)=S)CC(C)C2)c(Br)c1. The van der Waals surface area contributed by atoms with E-state index in [1.807, 2.05) is 26.0 Å². The molecule has 1 aliphatic carbocycles. The normalized spacial score (nSPS) is 24.9. The number of nitrogens with one attached hydrogen (secondary N) is 1. The number of thiocarbonyl (C=S) groups is 1. The second kappa shape index (κ2) is 5.45.